The van der Waals surface area contributed by atoms with Crippen molar-refractivity contribution in [2.75, 3.05) is 6.54 Å². The molecule has 18 heavy (non-hydrogen) atoms. The molecular formula is C13H25N3O2. The Kier molecular flexibility index (Phi) is 4.59. The van der Waals surface area contributed by atoms with Gasteiger partial charge < -0.3 is 15.8 Å². The van der Waals surface area contributed by atoms with Gasteiger partial charge >= 0.3 is 0 Å². The van der Waals surface area contributed by atoms with Crippen molar-refractivity contribution in [1.29, 1.82) is 0 Å². The van der Waals surface area contributed by atoms with Crippen LogP contribution in [0.15, 0.2) is 5.16 Å². The Balaban J connectivity index is 2.94. The van der Waals surface area contributed by atoms with Gasteiger partial charge in [0, 0.05) is 12.6 Å². The topological polar surface area (TPSA) is 78.9 Å². The number of carbonyl (C=O) groups excluding carboxylic acids is 1. The van der Waals surface area contributed by atoms with Crippen molar-refractivity contribution in [3.05, 3.63) is 0 Å². The molecule has 3 N–H and O–H groups in total. The summed E-state index contributed by atoms with van der Waals surface area (Å²) in [6, 6.07) is 0.129. The molecule has 0 aromatic carbocycles. The maximum absolute atomic E-state index is 12.7. The quantitative estimate of drug-likeness (QED) is 0.340. The first-order valence-corrected chi connectivity index (χ1v) is 6.64. The fourth-order valence-electron chi connectivity index (χ4n) is 2.40. The van der Waals surface area contributed by atoms with Crippen LogP contribution < -0.4 is 5.73 Å². The smallest absolute Gasteiger partial charge is 0.236 e. The number of nitrogens with two attached hydrogens (primary N) is 1. The molecule has 1 aliphatic carbocycles. The molecule has 5 heteroatoms. The number of oxime groups is 1. The van der Waals surface area contributed by atoms with Crippen molar-refractivity contribution in [1.82, 2.24) is 4.90 Å². The molecule has 1 aliphatic rings. The highest BCUT2D eigenvalue weighted by Gasteiger charge is 2.50. The van der Waals surface area contributed by atoms with Crippen LogP contribution in [0, 0.1) is 11.3 Å². The lowest BCUT2D eigenvalue weighted by Gasteiger charge is -2.44. The average Bonchev–Trinajstić information content (AvgIpc) is 2.23. The van der Waals surface area contributed by atoms with Crippen LogP contribution >= 0.6 is 0 Å². The van der Waals surface area contributed by atoms with E-state index in [4.69, 9.17) is 10.9 Å². The highest BCUT2D eigenvalue weighted by molar-refractivity contribution is 6.07. The molecule has 0 atom stereocenters. The lowest BCUT2D eigenvalue weighted by molar-refractivity contribution is -0.144. The van der Waals surface area contributed by atoms with Crippen molar-refractivity contribution in [2.45, 2.75) is 53.0 Å². The number of rotatable bonds is 5. The maximum Gasteiger partial charge on any atom is 0.236 e. The summed E-state index contributed by atoms with van der Waals surface area (Å²) in [5.74, 6) is 0.474. The fourth-order valence-corrected chi connectivity index (χ4v) is 2.40. The Morgan fingerprint density at radius 3 is 2.22 bits per heavy atom. The summed E-state index contributed by atoms with van der Waals surface area (Å²) in [6.07, 6.45) is 2.32. The van der Waals surface area contributed by atoms with E-state index in [0.717, 1.165) is 6.42 Å². The zero-order valence-corrected chi connectivity index (χ0v) is 11.8. The van der Waals surface area contributed by atoms with E-state index >= 15 is 0 Å². The first-order chi connectivity index (χ1) is 8.35. The van der Waals surface area contributed by atoms with E-state index in [2.05, 4.69) is 19.0 Å². The summed E-state index contributed by atoms with van der Waals surface area (Å²) in [6.45, 7) is 8.87. The third-order valence-corrected chi connectivity index (χ3v) is 3.66. The minimum atomic E-state index is -0.756. The van der Waals surface area contributed by atoms with Gasteiger partial charge in [-0.3, -0.25) is 4.79 Å². The summed E-state index contributed by atoms with van der Waals surface area (Å²) in [5.41, 5.74) is 4.98. The molecule has 1 amide bonds. The second-order valence-electron chi connectivity index (χ2n) is 5.87. The van der Waals surface area contributed by atoms with Crippen molar-refractivity contribution in [3.63, 3.8) is 0 Å². The van der Waals surface area contributed by atoms with E-state index in [1.807, 2.05) is 18.7 Å². The highest BCUT2D eigenvalue weighted by Crippen LogP contribution is 2.43. The van der Waals surface area contributed by atoms with E-state index < -0.39 is 5.41 Å². The van der Waals surface area contributed by atoms with Crippen LogP contribution in [0.5, 0.6) is 0 Å². The lowest BCUT2D eigenvalue weighted by Crippen LogP contribution is -2.57. The summed E-state index contributed by atoms with van der Waals surface area (Å²) in [5, 5.41) is 12.0. The Morgan fingerprint density at radius 2 is 1.94 bits per heavy atom. The first kappa shape index (κ1) is 14.8. The maximum atomic E-state index is 12.7. The molecule has 1 rings (SSSR count). The zero-order chi connectivity index (χ0) is 13.9. The van der Waals surface area contributed by atoms with E-state index in [1.165, 1.54) is 0 Å². The average molecular weight is 255 g/mol. The van der Waals surface area contributed by atoms with Crippen molar-refractivity contribution in [2.24, 2.45) is 22.2 Å². The third kappa shape index (κ3) is 2.60. The Morgan fingerprint density at radius 1 is 1.39 bits per heavy atom. The fraction of sp³-hybridized carbons (Fsp3) is 0.846. The molecule has 1 saturated carbocycles. The molecule has 0 aromatic rings. The Bertz CT molecular complexity index is 333. The van der Waals surface area contributed by atoms with Gasteiger partial charge in [-0.15, -0.1) is 0 Å². The largest absolute Gasteiger partial charge is 0.409 e. The molecule has 0 bridgehead atoms. The summed E-state index contributed by atoms with van der Waals surface area (Å²) in [7, 11) is 0. The molecule has 0 aromatic heterocycles. The summed E-state index contributed by atoms with van der Waals surface area (Å²) < 4.78 is 0. The van der Waals surface area contributed by atoms with Crippen LogP contribution in [0.3, 0.4) is 0 Å². The van der Waals surface area contributed by atoms with Gasteiger partial charge in [0.25, 0.3) is 0 Å². The molecule has 5 nitrogen and oxygen atoms in total. The molecule has 0 unspecified atom stereocenters. The van der Waals surface area contributed by atoms with Gasteiger partial charge in [0.05, 0.1) is 0 Å². The van der Waals surface area contributed by atoms with Crippen LogP contribution in [0.4, 0.5) is 0 Å². The van der Waals surface area contributed by atoms with Gasteiger partial charge in [0.1, 0.15) is 5.41 Å². The monoisotopic (exact) mass is 255 g/mol. The molecule has 0 saturated heterocycles. The Labute approximate surface area is 109 Å². The van der Waals surface area contributed by atoms with E-state index in [9.17, 15) is 4.79 Å². The van der Waals surface area contributed by atoms with Crippen LogP contribution in [0.2, 0.25) is 0 Å². The van der Waals surface area contributed by atoms with Gasteiger partial charge in [-0.2, -0.15) is 0 Å². The van der Waals surface area contributed by atoms with Gasteiger partial charge in [-0.05, 0) is 32.6 Å². The molecular weight excluding hydrogens is 230 g/mol. The standard InChI is InChI=1S/C13H25N3O2/c1-9(2)8-16(10(3)4)12(17)13(6-5-7-13)11(14)15-18/h9-10,18H,5-8H2,1-4H3,(H2,14,15). The number of amides is 1. The van der Waals surface area contributed by atoms with E-state index in [1.54, 1.807) is 0 Å². The third-order valence-electron chi connectivity index (χ3n) is 3.66. The number of nitrogens with zero attached hydrogens (tertiary/aromatic N) is 2. The van der Waals surface area contributed by atoms with Gasteiger partial charge in [0.15, 0.2) is 5.84 Å². The predicted molar refractivity (Wildman–Crippen MR) is 71.4 cm³/mol. The molecule has 1 fully saturated rings. The summed E-state index contributed by atoms with van der Waals surface area (Å²) >= 11 is 0. The van der Waals surface area contributed by atoms with Gasteiger partial charge in [0.2, 0.25) is 5.91 Å². The zero-order valence-electron chi connectivity index (χ0n) is 11.8. The van der Waals surface area contributed by atoms with Crippen molar-refractivity contribution < 1.29 is 10.0 Å². The normalized spacial score (nSPS) is 18.9. The number of hydrogen-bond acceptors (Lipinski definition) is 3. The van der Waals surface area contributed by atoms with Gasteiger partial charge in [-0.25, -0.2) is 0 Å². The first-order valence-electron chi connectivity index (χ1n) is 6.64. The second kappa shape index (κ2) is 5.59. The van der Waals surface area contributed by atoms with Crippen LogP contribution in [0.25, 0.3) is 0 Å². The lowest BCUT2D eigenvalue weighted by atomic mass is 9.66. The minimum Gasteiger partial charge on any atom is -0.409 e. The number of hydrogen-bond donors (Lipinski definition) is 2. The van der Waals surface area contributed by atoms with Crippen molar-refractivity contribution >= 4 is 11.7 Å². The van der Waals surface area contributed by atoms with E-state index in [-0.39, 0.29) is 17.8 Å². The molecule has 0 heterocycles. The minimum absolute atomic E-state index is 0.00718. The van der Waals surface area contributed by atoms with Crippen LogP contribution in [-0.2, 0) is 4.79 Å². The molecule has 0 spiro atoms. The predicted octanol–water partition coefficient (Wildman–Crippen LogP) is 1.80. The number of amidine groups is 1. The summed E-state index contributed by atoms with van der Waals surface area (Å²) in [4.78, 5) is 14.5. The van der Waals surface area contributed by atoms with Crippen molar-refractivity contribution in [3.8, 4) is 0 Å². The highest BCUT2D eigenvalue weighted by atomic mass is 16.4. The molecule has 0 aliphatic heterocycles. The van der Waals surface area contributed by atoms with Crippen LogP contribution in [-0.4, -0.2) is 34.4 Å². The molecule has 0 radical (unpaired) electrons. The number of carbonyl (C=O) groups is 1. The van der Waals surface area contributed by atoms with Gasteiger partial charge in [-0.1, -0.05) is 25.4 Å². The molecule has 104 valence electrons. The van der Waals surface area contributed by atoms with Crippen LogP contribution in [0.1, 0.15) is 47.0 Å². The second-order valence-corrected chi connectivity index (χ2v) is 5.87. The Hall–Kier alpha value is -1.26. The SMILES string of the molecule is CC(C)CN(C(=O)C1(C(N)=NO)CCC1)C(C)C. The van der Waals surface area contributed by atoms with E-state index in [0.29, 0.717) is 25.3 Å².